The van der Waals surface area contributed by atoms with Crippen molar-refractivity contribution < 1.29 is 14.6 Å². The number of aromatic nitrogens is 2. The Morgan fingerprint density at radius 2 is 2.05 bits per heavy atom. The lowest BCUT2D eigenvalue weighted by molar-refractivity contribution is 0.0125. The Labute approximate surface area is 122 Å². The zero-order valence-electron chi connectivity index (χ0n) is 12.6. The number of aliphatic hydroxyl groups is 1. The molecular weight excluding hydrogens is 274 g/mol. The summed E-state index contributed by atoms with van der Waals surface area (Å²) in [7, 11) is 1.52. The summed E-state index contributed by atoms with van der Waals surface area (Å²) in [5, 5.41) is 16.5. The van der Waals surface area contributed by atoms with Crippen LogP contribution in [0.1, 0.15) is 34.5 Å². The number of hydrogen-bond acceptors (Lipinski definition) is 5. The zero-order valence-corrected chi connectivity index (χ0v) is 12.6. The molecule has 7 heteroatoms. The van der Waals surface area contributed by atoms with Gasteiger partial charge in [-0.3, -0.25) is 9.59 Å². The van der Waals surface area contributed by atoms with Gasteiger partial charge in [0.15, 0.2) is 0 Å². The van der Waals surface area contributed by atoms with E-state index >= 15 is 0 Å². The molecule has 1 fully saturated rings. The van der Waals surface area contributed by atoms with Crippen LogP contribution in [0.25, 0.3) is 0 Å². The molecule has 1 aliphatic rings. The first-order valence-corrected chi connectivity index (χ1v) is 6.96. The normalized spacial score (nSPS) is 17.5. The molecule has 21 heavy (non-hydrogen) atoms. The van der Waals surface area contributed by atoms with Crippen LogP contribution < -0.4 is 10.9 Å². The van der Waals surface area contributed by atoms with Crippen molar-refractivity contribution in [1.82, 2.24) is 15.1 Å². The number of ether oxygens (including phenoxy) is 1. The molecule has 1 aromatic rings. The van der Waals surface area contributed by atoms with Crippen LogP contribution in [-0.4, -0.2) is 46.2 Å². The Kier molecular flexibility index (Phi) is 4.43. The highest BCUT2D eigenvalue weighted by Crippen LogP contribution is 2.21. The van der Waals surface area contributed by atoms with Crippen LogP contribution in [0, 0.1) is 13.8 Å². The minimum atomic E-state index is -0.718. The van der Waals surface area contributed by atoms with Crippen LogP contribution in [0.4, 0.5) is 0 Å². The van der Waals surface area contributed by atoms with E-state index in [1.807, 2.05) is 0 Å². The smallest absolute Gasteiger partial charge is 0.279 e. The van der Waals surface area contributed by atoms with Gasteiger partial charge in [-0.25, -0.2) is 4.68 Å². The van der Waals surface area contributed by atoms with Gasteiger partial charge in [-0.15, -0.1) is 0 Å². The molecule has 0 bridgehead atoms. The van der Waals surface area contributed by atoms with Crippen molar-refractivity contribution in [2.75, 3.05) is 19.8 Å². The van der Waals surface area contributed by atoms with Crippen molar-refractivity contribution >= 4 is 5.91 Å². The van der Waals surface area contributed by atoms with Crippen LogP contribution in [-0.2, 0) is 11.8 Å². The van der Waals surface area contributed by atoms with E-state index in [0.29, 0.717) is 37.3 Å². The monoisotopic (exact) mass is 295 g/mol. The van der Waals surface area contributed by atoms with Gasteiger partial charge in [-0.05, 0) is 32.3 Å². The standard InChI is InChI=1S/C14H21N3O4/c1-9-10(2)16-17(3)13(20)11(9)12(19)15-14(8-18)4-6-21-7-5-14/h18H,4-8H2,1-3H3,(H,15,19). The van der Waals surface area contributed by atoms with Crippen molar-refractivity contribution in [2.45, 2.75) is 32.2 Å². The quantitative estimate of drug-likeness (QED) is 0.796. The second kappa shape index (κ2) is 5.95. The van der Waals surface area contributed by atoms with Gasteiger partial charge in [0.05, 0.1) is 17.8 Å². The van der Waals surface area contributed by atoms with Gasteiger partial charge >= 0.3 is 0 Å². The number of amides is 1. The highest BCUT2D eigenvalue weighted by Gasteiger charge is 2.35. The fourth-order valence-electron chi connectivity index (χ4n) is 2.50. The van der Waals surface area contributed by atoms with Crippen LogP contribution in [0.2, 0.25) is 0 Å². The number of nitrogens with one attached hydrogen (secondary N) is 1. The first-order chi connectivity index (χ1) is 9.90. The highest BCUT2D eigenvalue weighted by atomic mass is 16.5. The molecule has 0 saturated carbocycles. The molecule has 0 spiro atoms. The average Bonchev–Trinajstić information content (AvgIpc) is 2.46. The minimum absolute atomic E-state index is 0.0873. The second-order valence-corrected chi connectivity index (χ2v) is 5.52. The van der Waals surface area contributed by atoms with Crippen LogP contribution >= 0.6 is 0 Å². The van der Waals surface area contributed by atoms with Crippen molar-refractivity contribution in [1.29, 1.82) is 0 Å². The highest BCUT2D eigenvalue weighted by molar-refractivity contribution is 5.95. The molecule has 0 unspecified atom stereocenters. The molecule has 2 N–H and O–H groups in total. The first-order valence-electron chi connectivity index (χ1n) is 6.96. The Hall–Kier alpha value is -1.73. The number of carbonyl (C=O) groups excluding carboxylic acids is 1. The van der Waals surface area contributed by atoms with Gasteiger partial charge in [-0.2, -0.15) is 5.10 Å². The maximum Gasteiger partial charge on any atom is 0.279 e. The lowest BCUT2D eigenvalue weighted by Gasteiger charge is -2.36. The van der Waals surface area contributed by atoms with Crippen molar-refractivity contribution in [3.8, 4) is 0 Å². The van der Waals surface area contributed by atoms with Crippen LogP contribution in [0.15, 0.2) is 4.79 Å². The molecular formula is C14H21N3O4. The molecule has 1 aliphatic heterocycles. The van der Waals surface area contributed by atoms with E-state index in [9.17, 15) is 14.7 Å². The van der Waals surface area contributed by atoms with E-state index in [-0.39, 0.29) is 12.2 Å². The predicted molar refractivity (Wildman–Crippen MR) is 76.3 cm³/mol. The summed E-state index contributed by atoms with van der Waals surface area (Å²) < 4.78 is 6.42. The average molecular weight is 295 g/mol. The van der Waals surface area contributed by atoms with Gasteiger partial charge in [0.1, 0.15) is 5.56 Å². The molecule has 116 valence electrons. The van der Waals surface area contributed by atoms with Crippen molar-refractivity contribution in [3.05, 3.63) is 27.2 Å². The third-order valence-corrected chi connectivity index (χ3v) is 4.08. The number of aryl methyl sites for hydroxylation is 2. The second-order valence-electron chi connectivity index (χ2n) is 5.52. The van der Waals surface area contributed by atoms with Gasteiger partial charge in [-0.1, -0.05) is 0 Å². The number of aliphatic hydroxyl groups excluding tert-OH is 1. The largest absolute Gasteiger partial charge is 0.394 e. The molecule has 0 radical (unpaired) electrons. The van der Waals surface area contributed by atoms with Gasteiger partial charge < -0.3 is 15.2 Å². The Bertz CT molecular complexity index is 603. The van der Waals surface area contributed by atoms with Crippen molar-refractivity contribution in [3.63, 3.8) is 0 Å². The van der Waals surface area contributed by atoms with E-state index < -0.39 is 17.0 Å². The molecule has 0 aromatic carbocycles. The summed E-state index contributed by atoms with van der Waals surface area (Å²) in [4.78, 5) is 24.7. The number of carbonyl (C=O) groups is 1. The maximum atomic E-state index is 12.5. The third kappa shape index (κ3) is 2.98. The SMILES string of the molecule is Cc1nn(C)c(=O)c(C(=O)NC2(CO)CCOCC2)c1C. The molecule has 2 heterocycles. The predicted octanol–water partition coefficient (Wildman–Crippen LogP) is -0.332. The van der Waals surface area contributed by atoms with E-state index in [4.69, 9.17) is 4.74 Å². The zero-order chi connectivity index (χ0) is 15.6. The Morgan fingerprint density at radius 3 is 2.62 bits per heavy atom. The molecule has 0 atom stereocenters. The fraction of sp³-hybridized carbons (Fsp3) is 0.643. The Morgan fingerprint density at radius 1 is 1.43 bits per heavy atom. The number of nitrogens with zero attached hydrogens (tertiary/aromatic N) is 2. The minimum Gasteiger partial charge on any atom is -0.394 e. The van der Waals surface area contributed by atoms with Crippen LogP contribution in [0.5, 0.6) is 0 Å². The van der Waals surface area contributed by atoms with Gasteiger partial charge in [0.2, 0.25) is 0 Å². The molecule has 2 rings (SSSR count). The summed E-state index contributed by atoms with van der Waals surface area (Å²) in [6, 6.07) is 0. The molecule has 1 saturated heterocycles. The molecule has 0 aliphatic carbocycles. The van der Waals surface area contributed by atoms with E-state index in [1.54, 1.807) is 13.8 Å². The molecule has 1 amide bonds. The summed E-state index contributed by atoms with van der Waals surface area (Å²) >= 11 is 0. The summed E-state index contributed by atoms with van der Waals surface area (Å²) in [6.07, 6.45) is 1.05. The Balaban J connectivity index is 2.34. The summed E-state index contributed by atoms with van der Waals surface area (Å²) in [6.45, 7) is 4.24. The first kappa shape index (κ1) is 15.7. The molecule has 7 nitrogen and oxygen atoms in total. The fourth-order valence-corrected chi connectivity index (χ4v) is 2.50. The van der Waals surface area contributed by atoms with Gasteiger partial charge in [0, 0.05) is 20.3 Å². The topological polar surface area (TPSA) is 93.5 Å². The van der Waals surface area contributed by atoms with Crippen molar-refractivity contribution in [2.24, 2.45) is 7.05 Å². The number of hydrogen-bond donors (Lipinski definition) is 2. The van der Waals surface area contributed by atoms with E-state index in [0.717, 1.165) is 4.68 Å². The summed E-state index contributed by atoms with van der Waals surface area (Å²) in [5.41, 5.74) is 0.132. The third-order valence-electron chi connectivity index (χ3n) is 4.08. The van der Waals surface area contributed by atoms with E-state index in [2.05, 4.69) is 10.4 Å². The number of rotatable bonds is 3. The molecule has 1 aromatic heterocycles. The summed E-state index contributed by atoms with van der Waals surface area (Å²) in [5.74, 6) is -0.463. The maximum absolute atomic E-state index is 12.5. The van der Waals surface area contributed by atoms with Crippen LogP contribution in [0.3, 0.4) is 0 Å². The lowest BCUT2D eigenvalue weighted by Crippen LogP contribution is -2.55. The lowest BCUT2D eigenvalue weighted by atomic mass is 9.90. The van der Waals surface area contributed by atoms with E-state index in [1.165, 1.54) is 7.05 Å². The van der Waals surface area contributed by atoms with Gasteiger partial charge in [0.25, 0.3) is 11.5 Å².